The maximum atomic E-state index is 6.26. The lowest BCUT2D eigenvalue weighted by atomic mass is 9.52. The first-order valence-electron chi connectivity index (χ1n) is 6.06. The summed E-state index contributed by atoms with van der Waals surface area (Å²) in [5.41, 5.74) is 8.14. The van der Waals surface area contributed by atoms with Crippen LogP contribution in [0.5, 0.6) is 0 Å². The maximum absolute atomic E-state index is 6.26. The topological polar surface area (TPSA) is 26.0 Å². The molecule has 0 aromatic carbocycles. The number of rotatable bonds is 3. The van der Waals surface area contributed by atoms with Gasteiger partial charge in [-0.2, -0.15) is 0 Å². The van der Waals surface area contributed by atoms with Crippen molar-refractivity contribution in [3.63, 3.8) is 0 Å². The van der Waals surface area contributed by atoms with Crippen LogP contribution in [0.4, 0.5) is 0 Å². The van der Waals surface area contributed by atoms with E-state index >= 15 is 0 Å². The first kappa shape index (κ1) is 12.6. The SMILES string of the molecule is CCC1(CC)C(N)CC1c1cc(Br)sc1C. The van der Waals surface area contributed by atoms with Crippen molar-refractivity contribution in [2.75, 3.05) is 0 Å². The highest BCUT2D eigenvalue weighted by Gasteiger charge is 2.51. The fourth-order valence-electron chi connectivity index (χ4n) is 3.33. The Kier molecular flexibility index (Phi) is 3.49. The van der Waals surface area contributed by atoms with Crippen molar-refractivity contribution in [1.29, 1.82) is 0 Å². The molecule has 1 aliphatic carbocycles. The molecule has 0 spiro atoms. The summed E-state index contributed by atoms with van der Waals surface area (Å²) in [6.45, 7) is 6.79. The van der Waals surface area contributed by atoms with Crippen LogP contribution in [0.3, 0.4) is 0 Å². The molecule has 0 bridgehead atoms. The standard InChI is InChI=1S/C13H20BrNS/c1-4-13(5-2)10(7-11(13)15)9-6-12(14)16-8(9)3/h6,10-11H,4-5,7,15H2,1-3H3. The molecule has 1 aromatic heterocycles. The molecule has 1 heterocycles. The second-order valence-electron chi connectivity index (χ2n) is 4.90. The van der Waals surface area contributed by atoms with E-state index in [4.69, 9.17) is 5.73 Å². The molecule has 1 nitrogen and oxygen atoms in total. The van der Waals surface area contributed by atoms with Gasteiger partial charge in [-0.1, -0.05) is 13.8 Å². The highest BCUT2D eigenvalue weighted by atomic mass is 79.9. The minimum atomic E-state index is 0.352. The van der Waals surface area contributed by atoms with Crippen LogP contribution in [0, 0.1) is 12.3 Å². The Morgan fingerprint density at radius 2 is 2.12 bits per heavy atom. The quantitative estimate of drug-likeness (QED) is 0.877. The molecule has 2 unspecified atom stereocenters. The van der Waals surface area contributed by atoms with E-state index in [0.29, 0.717) is 17.4 Å². The van der Waals surface area contributed by atoms with Gasteiger partial charge in [0, 0.05) is 10.9 Å². The molecule has 2 N–H and O–H groups in total. The van der Waals surface area contributed by atoms with Gasteiger partial charge in [-0.15, -0.1) is 11.3 Å². The number of hydrogen-bond acceptors (Lipinski definition) is 2. The van der Waals surface area contributed by atoms with E-state index in [1.165, 1.54) is 27.1 Å². The third-order valence-corrected chi connectivity index (χ3v) is 6.11. The zero-order chi connectivity index (χ0) is 11.9. The summed E-state index contributed by atoms with van der Waals surface area (Å²) in [5, 5.41) is 0. The van der Waals surface area contributed by atoms with Crippen LogP contribution in [-0.4, -0.2) is 6.04 Å². The molecule has 2 atom stereocenters. The molecule has 2 rings (SSSR count). The second-order valence-corrected chi connectivity index (χ2v) is 7.53. The Hall–Kier alpha value is 0.140. The summed E-state index contributed by atoms with van der Waals surface area (Å²) in [4.78, 5) is 1.45. The van der Waals surface area contributed by atoms with Crippen LogP contribution in [-0.2, 0) is 0 Å². The third kappa shape index (κ3) is 1.68. The van der Waals surface area contributed by atoms with Crippen molar-refractivity contribution in [3.05, 3.63) is 20.3 Å². The Morgan fingerprint density at radius 1 is 1.50 bits per heavy atom. The molecule has 1 aliphatic rings. The van der Waals surface area contributed by atoms with Crippen LogP contribution in [0.15, 0.2) is 9.85 Å². The van der Waals surface area contributed by atoms with Gasteiger partial charge in [-0.3, -0.25) is 0 Å². The Bertz CT molecular complexity index is 381. The van der Waals surface area contributed by atoms with Gasteiger partial charge in [-0.05, 0) is 65.1 Å². The summed E-state index contributed by atoms with van der Waals surface area (Å²) in [7, 11) is 0. The normalized spacial score (nSPS) is 27.8. The monoisotopic (exact) mass is 301 g/mol. The first-order valence-corrected chi connectivity index (χ1v) is 7.67. The van der Waals surface area contributed by atoms with Gasteiger partial charge >= 0.3 is 0 Å². The van der Waals surface area contributed by atoms with E-state index in [1.807, 2.05) is 11.3 Å². The van der Waals surface area contributed by atoms with Crippen LogP contribution in [0.1, 0.15) is 49.5 Å². The number of aryl methyl sites for hydroxylation is 1. The van der Waals surface area contributed by atoms with Gasteiger partial charge in [0.1, 0.15) is 0 Å². The van der Waals surface area contributed by atoms with Crippen molar-refractivity contribution in [2.24, 2.45) is 11.1 Å². The molecule has 0 amide bonds. The van der Waals surface area contributed by atoms with Crippen LogP contribution >= 0.6 is 27.3 Å². The van der Waals surface area contributed by atoms with Crippen molar-refractivity contribution in [2.45, 2.75) is 52.0 Å². The fraction of sp³-hybridized carbons (Fsp3) is 0.692. The number of thiophene rings is 1. The fourth-order valence-corrected chi connectivity index (χ4v) is 5.10. The Morgan fingerprint density at radius 3 is 2.50 bits per heavy atom. The molecular formula is C13H20BrNS. The van der Waals surface area contributed by atoms with Crippen LogP contribution in [0.2, 0.25) is 0 Å². The molecule has 0 radical (unpaired) electrons. The second kappa shape index (κ2) is 4.43. The van der Waals surface area contributed by atoms with Crippen LogP contribution < -0.4 is 5.73 Å². The molecule has 0 aliphatic heterocycles. The zero-order valence-corrected chi connectivity index (χ0v) is 12.6. The van der Waals surface area contributed by atoms with E-state index in [2.05, 4.69) is 42.8 Å². The van der Waals surface area contributed by atoms with Crippen molar-refractivity contribution < 1.29 is 0 Å². The Balaban J connectivity index is 2.32. The lowest BCUT2D eigenvalue weighted by molar-refractivity contribution is 0.0437. The summed E-state index contributed by atoms with van der Waals surface area (Å²) in [6, 6.07) is 2.70. The maximum Gasteiger partial charge on any atom is 0.0704 e. The summed E-state index contributed by atoms with van der Waals surface area (Å²) < 4.78 is 1.25. The highest BCUT2D eigenvalue weighted by Crippen LogP contribution is 2.57. The molecule has 1 saturated carbocycles. The first-order chi connectivity index (χ1) is 7.55. The van der Waals surface area contributed by atoms with Gasteiger partial charge in [0.2, 0.25) is 0 Å². The highest BCUT2D eigenvalue weighted by molar-refractivity contribution is 9.11. The Labute approximate surface area is 111 Å². The summed E-state index contributed by atoms with van der Waals surface area (Å²) in [6.07, 6.45) is 3.55. The molecule has 90 valence electrons. The predicted molar refractivity (Wildman–Crippen MR) is 75.1 cm³/mol. The van der Waals surface area contributed by atoms with Crippen molar-refractivity contribution in [1.82, 2.24) is 0 Å². The molecule has 0 saturated heterocycles. The average molecular weight is 302 g/mol. The summed E-state index contributed by atoms with van der Waals surface area (Å²) in [5.74, 6) is 0.681. The minimum absolute atomic E-state index is 0.352. The van der Waals surface area contributed by atoms with E-state index in [1.54, 1.807) is 0 Å². The third-order valence-electron chi connectivity index (χ3n) is 4.54. The predicted octanol–water partition coefficient (Wildman–Crippen LogP) is 4.44. The molecule has 1 aromatic rings. The van der Waals surface area contributed by atoms with Gasteiger partial charge in [-0.25, -0.2) is 0 Å². The van der Waals surface area contributed by atoms with E-state index < -0.39 is 0 Å². The van der Waals surface area contributed by atoms with Crippen LogP contribution in [0.25, 0.3) is 0 Å². The largest absolute Gasteiger partial charge is 0.327 e. The van der Waals surface area contributed by atoms with E-state index in [-0.39, 0.29) is 0 Å². The molecule has 16 heavy (non-hydrogen) atoms. The van der Waals surface area contributed by atoms with Gasteiger partial charge < -0.3 is 5.73 Å². The lowest BCUT2D eigenvalue weighted by Crippen LogP contribution is -2.55. The average Bonchev–Trinajstić information content (AvgIpc) is 2.56. The molecule has 3 heteroatoms. The molecular weight excluding hydrogens is 282 g/mol. The zero-order valence-electron chi connectivity index (χ0n) is 10.2. The molecule has 1 fully saturated rings. The smallest absolute Gasteiger partial charge is 0.0704 e. The van der Waals surface area contributed by atoms with Crippen molar-refractivity contribution >= 4 is 27.3 Å². The van der Waals surface area contributed by atoms with Gasteiger partial charge in [0.05, 0.1) is 3.79 Å². The van der Waals surface area contributed by atoms with Crippen molar-refractivity contribution in [3.8, 4) is 0 Å². The summed E-state index contributed by atoms with van der Waals surface area (Å²) >= 11 is 5.43. The number of halogens is 1. The number of hydrogen-bond donors (Lipinski definition) is 1. The van der Waals surface area contributed by atoms with Gasteiger partial charge in [0.15, 0.2) is 0 Å². The van der Waals surface area contributed by atoms with E-state index in [0.717, 1.165) is 6.42 Å². The van der Waals surface area contributed by atoms with Gasteiger partial charge in [0.25, 0.3) is 0 Å². The minimum Gasteiger partial charge on any atom is -0.327 e. The van der Waals surface area contributed by atoms with E-state index in [9.17, 15) is 0 Å². The number of nitrogens with two attached hydrogens (primary N) is 1. The lowest BCUT2D eigenvalue weighted by Gasteiger charge is -2.55.